The van der Waals surface area contributed by atoms with Crippen molar-refractivity contribution in [3.63, 3.8) is 0 Å². The fourth-order valence-electron chi connectivity index (χ4n) is 9.66. The van der Waals surface area contributed by atoms with Gasteiger partial charge in [0.25, 0.3) is 0 Å². The number of benzene rings is 10. The fourth-order valence-corrected chi connectivity index (χ4v) is 12.1. The summed E-state index contributed by atoms with van der Waals surface area (Å²) < 4.78 is 11.6. The Labute approximate surface area is 378 Å². The van der Waals surface area contributed by atoms with E-state index in [2.05, 4.69) is 223 Å². The summed E-state index contributed by atoms with van der Waals surface area (Å²) in [6, 6.07) is 81.7. The first-order valence-electron chi connectivity index (χ1n) is 21.6. The minimum absolute atomic E-state index is 0.866. The highest BCUT2D eigenvalue weighted by Gasteiger charge is 2.24. The standard InChI is InChI=1S/C60H37NOS2/c1-5-15-38(16-6-1)42-25-28-49-56(34-42)64-60-46(40-19-9-3-10-20-40)30-31-52(59(49)60)61(45-26-29-48-47-23-13-14-24-53(47)62-54(48)37-45)44-27-32-55-51(36-44)58-50(41-21-11-4-12-22-41)33-43(35-57(58)63-55)39-17-7-2-8-18-39/h1-37H. The summed E-state index contributed by atoms with van der Waals surface area (Å²) in [7, 11) is 0. The van der Waals surface area contributed by atoms with Gasteiger partial charge >= 0.3 is 0 Å². The highest BCUT2D eigenvalue weighted by atomic mass is 32.1. The van der Waals surface area contributed by atoms with Crippen LogP contribution in [0, 0.1) is 0 Å². The Hall–Kier alpha value is -7.76. The molecule has 3 aromatic heterocycles. The predicted molar refractivity (Wildman–Crippen MR) is 276 cm³/mol. The highest BCUT2D eigenvalue weighted by Crippen LogP contribution is 2.51. The molecule has 0 aliphatic heterocycles. The molecule has 0 bridgehead atoms. The van der Waals surface area contributed by atoms with Gasteiger partial charge in [0.15, 0.2) is 0 Å². The Bertz CT molecular complexity index is 3890. The second kappa shape index (κ2) is 15.0. The van der Waals surface area contributed by atoms with Gasteiger partial charge < -0.3 is 9.32 Å². The van der Waals surface area contributed by atoms with Crippen LogP contribution < -0.4 is 4.90 Å². The Kier molecular flexibility index (Phi) is 8.61. The van der Waals surface area contributed by atoms with Gasteiger partial charge in [-0.2, -0.15) is 0 Å². The van der Waals surface area contributed by atoms with Gasteiger partial charge in [-0.1, -0.05) is 158 Å². The zero-order valence-electron chi connectivity index (χ0n) is 34.5. The third-order valence-corrected chi connectivity index (χ3v) is 15.0. The minimum Gasteiger partial charge on any atom is -0.456 e. The van der Waals surface area contributed by atoms with E-state index in [1.807, 2.05) is 28.7 Å². The molecule has 2 nitrogen and oxygen atoms in total. The van der Waals surface area contributed by atoms with E-state index >= 15 is 0 Å². The van der Waals surface area contributed by atoms with Crippen molar-refractivity contribution in [3.05, 3.63) is 224 Å². The molecule has 64 heavy (non-hydrogen) atoms. The van der Waals surface area contributed by atoms with E-state index in [1.54, 1.807) is 0 Å². The van der Waals surface area contributed by atoms with Gasteiger partial charge in [0.05, 0.1) is 5.69 Å². The second-order valence-electron chi connectivity index (χ2n) is 16.4. The molecule has 0 saturated carbocycles. The number of hydrogen-bond donors (Lipinski definition) is 0. The first-order chi connectivity index (χ1) is 31.7. The molecular formula is C60H37NOS2. The zero-order valence-corrected chi connectivity index (χ0v) is 36.2. The first kappa shape index (κ1) is 36.9. The number of anilines is 3. The van der Waals surface area contributed by atoms with Crippen LogP contribution in [-0.2, 0) is 0 Å². The summed E-state index contributed by atoms with van der Waals surface area (Å²) >= 11 is 3.75. The Balaban J connectivity index is 1.09. The summed E-state index contributed by atoms with van der Waals surface area (Å²) in [5, 5.41) is 7.23. The van der Waals surface area contributed by atoms with E-state index in [0.717, 1.165) is 39.0 Å². The highest BCUT2D eigenvalue weighted by molar-refractivity contribution is 7.26. The summed E-state index contributed by atoms with van der Waals surface area (Å²) in [5.41, 5.74) is 14.8. The Morgan fingerprint density at radius 2 is 0.906 bits per heavy atom. The lowest BCUT2D eigenvalue weighted by molar-refractivity contribution is 0.669. The van der Waals surface area contributed by atoms with E-state index in [-0.39, 0.29) is 0 Å². The van der Waals surface area contributed by atoms with Gasteiger partial charge in [-0.25, -0.2) is 0 Å². The average molecular weight is 852 g/mol. The summed E-state index contributed by atoms with van der Waals surface area (Å²) in [6.07, 6.45) is 0. The van der Waals surface area contributed by atoms with E-state index in [4.69, 9.17) is 4.42 Å². The van der Waals surface area contributed by atoms with E-state index in [9.17, 15) is 0 Å². The molecule has 3 heterocycles. The lowest BCUT2D eigenvalue weighted by Gasteiger charge is -2.27. The van der Waals surface area contributed by atoms with Crippen LogP contribution in [0.15, 0.2) is 229 Å². The third-order valence-electron chi connectivity index (χ3n) is 12.7. The smallest absolute Gasteiger partial charge is 0.137 e. The molecule has 13 rings (SSSR count). The van der Waals surface area contributed by atoms with Crippen LogP contribution in [0.3, 0.4) is 0 Å². The van der Waals surface area contributed by atoms with Crippen molar-refractivity contribution in [2.45, 2.75) is 0 Å². The third kappa shape index (κ3) is 6.06. The molecule has 0 amide bonds. The lowest BCUT2D eigenvalue weighted by Crippen LogP contribution is -2.10. The van der Waals surface area contributed by atoms with Crippen LogP contribution in [0.1, 0.15) is 0 Å². The Morgan fingerprint density at radius 3 is 1.66 bits per heavy atom. The van der Waals surface area contributed by atoms with Crippen LogP contribution in [0.5, 0.6) is 0 Å². The maximum atomic E-state index is 6.59. The van der Waals surface area contributed by atoms with E-state index in [1.165, 1.54) is 84.9 Å². The topological polar surface area (TPSA) is 16.4 Å². The molecule has 300 valence electrons. The molecule has 0 saturated heterocycles. The van der Waals surface area contributed by atoms with Gasteiger partial charge in [0.2, 0.25) is 0 Å². The molecule has 10 aromatic carbocycles. The van der Waals surface area contributed by atoms with Crippen molar-refractivity contribution < 1.29 is 4.42 Å². The second-order valence-corrected chi connectivity index (χ2v) is 18.5. The molecule has 0 spiro atoms. The van der Waals surface area contributed by atoms with Crippen LogP contribution >= 0.6 is 22.7 Å². The molecule has 4 heteroatoms. The van der Waals surface area contributed by atoms with Crippen LogP contribution in [0.25, 0.3) is 107 Å². The quantitative estimate of drug-likeness (QED) is 0.159. The molecule has 0 radical (unpaired) electrons. The van der Waals surface area contributed by atoms with Crippen LogP contribution in [0.4, 0.5) is 17.1 Å². The molecule has 0 unspecified atom stereocenters. The number of hydrogen-bond acceptors (Lipinski definition) is 4. The van der Waals surface area contributed by atoms with Crippen molar-refractivity contribution in [1.29, 1.82) is 0 Å². The zero-order chi connectivity index (χ0) is 42.1. The largest absolute Gasteiger partial charge is 0.456 e. The molecule has 0 aliphatic carbocycles. The number of furan rings is 1. The summed E-state index contributed by atoms with van der Waals surface area (Å²) in [5.74, 6) is 0. The molecule has 0 atom stereocenters. The maximum absolute atomic E-state index is 6.59. The van der Waals surface area contributed by atoms with Crippen LogP contribution in [-0.4, -0.2) is 0 Å². The van der Waals surface area contributed by atoms with Crippen molar-refractivity contribution in [1.82, 2.24) is 0 Å². The van der Waals surface area contributed by atoms with Crippen molar-refractivity contribution in [3.8, 4) is 44.5 Å². The first-order valence-corrected chi connectivity index (χ1v) is 23.3. The van der Waals surface area contributed by atoms with Gasteiger partial charge in [-0.3, -0.25) is 0 Å². The summed E-state index contributed by atoms with van der Waals surface area (Å²) in [4.78, 5) is 2.46. The predicted octanol–water partition coefficient (Wildman–Crippen LogP) is 18.5. The minimum atomic E-state index is 0.866. The number of rotatable bonds is 7. The van der Waals surface area contributed by atoms with Crippen molar-refractivity contribution >= 4 is 102 Å². The lowest BCUT2D eigenvalue weighted by atomic mass is 9.94. The Morgan fingerprint density at radius 1 is 0.312 bits per heavy atom. The fraction of sp³-hybridized carbons (Fsp3) is 0. The van der Waals surface area contributed by atoms with Crippen molar-refractivity contribution in [2.75, 3.05) is 4.90 Å². The average Bonchev–Trinajstić information content (AvgIpc) is 4.06. The van der Waals surface area contributed by atoms with E-state index in [0.29, 0.717) is 0 Å². The van der Waals surface area contributed by atoms with E-state index < -0.39 is 0 Å². The number of thiophene rings is 2. The SMILES string of the molecule is c1ccc(-c2ccc3c(c2)sc2c(-c4ccccc4)ccc(N(c4ccc5c(c4)oc4ccccc45)c4ccc5sc6cc(-c7ccccc7)cc(-c7ccccc7)c6c5c4)c23)cc1. The van der Waals surface area contributed by atoms with Crippen molar-refractivity contribution in [2.24, 2.45) is 0 Å². The monoisotopic (exact) mass is 851 g/mol. The maximum Gasteiger partial charge on any atom is 0.137 e. The molecule has 0 fully saturated rings. The van der Waals surface area contributed by atoms with Crippen LogP contribution in [0.2, 0.25) is 0 Å². The number of para-hydroxylation sites is 1. The van der Waals surface area contributed by atoms with Gasteiger partial charge in [-0.05, 0) is 105 Å². The summed E-state index contributed by atoms with van der Waals surface area (Å²) in [6.45, 7) is 0. The molecule has 13 aromatic rings. The molecule has 0 N–H and O–H groups in total. The normalized spacial score (nSPS) is 11.8. The van der Waals surface area contributed by atoms with Gasteiger partial charge in [-0.15, -0.1) is 22.7 Å². The number of nitrogens with zero attached hydrogens (tertiary/aromatic N) is 1. The number of fused-ring (bicyclic) bond motifs is 9. The van der Waals surface area contributed by atoms with Gasteiger partial charge in [0.1, 0.15) is 11.2 Å². The molecular weight excluding hydrogens is 815 g/mol. The van der Waals surface area contributed by atoms with Gasteiger partial charge in [0, 0.05) is 68.6 Å². The molecule has 0 aliphatic rings.